The molecule has 3 heteroatoms. The van der Waals surface area contributed by atoms with Gasteiger partial charge < -0.3 is 10.2 Å². The van der Waals surface area contributed by atoms with Gasteiger partial charge in [0.15, 0.2) is 0 Å². The molecule has 2 rings (SSSR count). The molecule has 2 nitrogen and oxygen atoms in total. The number of benzene rings is 1. The van der Waals surface area contributed by atoms with Crippen molar-refractivity contribution < 1.29 is 0 Å². The minimum atomic E-state index is 0.698. The molecule has 1 aliphatic rings. The highest BCUT2D eigenvalue weighted by Crippen LogP contribution is 2.28. The van der Waals surface area contributed by atoms with Crippen molar-refractivity contribution in [1.29, 1.82) is 0 Å². The molecule has 1 heterocycles. The molecule has 0 unspecified atom stereocenters. The summed E-state index contributed by atoms with van der Waals surface area (Å²) < 4.78 is 1.21. The van der Waals surface area contributed by atoms with Crippen LogP contribution in [0.5, 0.6) is 0 Å². The second-order valence-corrected chi connectivity index (χ2v) is 5.29. The number of hydrogen-bond acceptors (Lipinski definition) is 2. The van der Waals surface area contributed by atoms with Crippen LogP contribution in [-0.2, 0) is 0 Å². The van der Waals surface area contributed by atoms with Crippen molar-refractivity contribution in [1.82, 2.24) is 5.32 Å². The molecule has 1 saturated heterocycles. The second-order valence-electron chi connectivity index (χ2n) is 4.43. The minimum absolute atomic E-state index is 0.698. The monoisotopic (exact) mass is 282 g/mol. The van der Waals surface area contributed by atoms with Crippen LogP contribution in [-0.4, -0.2) is 26.2 Å². The number of piperidine rings is 1. The molecule has 0 bridgehead atoms. The molecule has 0 radical (unpaired) electrons. The highest BCUT2D eigenvalue weighted by atomic mass is 79.9. The van der Waals surface area contributed by atoms with Crippen LogP contribution in [0, 0.1) is 6.92 Å². The van der Waals surface area contributed by atoms with Crippen LogP contribution < -0.4 is 10.2 Å². The first kappa shape index (κ1) is 11.9. The maximum atomic E-state index is 3.60. The number of rotatable bonds is 2. The first-order valence-electron chi connectivity index (χ1n) is 5.89. The molecule has 16 heavy (non-hydrogen) atoms. The predicted octanol–water partition coefficient (Wildman–Crippen LogP) is 2.95. The number of nitrogens with one attached hydrogen (secondary N) is 1. The van der Waals surface area contributed by atoms with Crippen molar-refractivity contribution in [3.05, 3.63) is 28.2 Å². The lowest BCUT2D eigenvalue weighted by molar-refractivity contribution is 0.442. The molecule has 0 spiro atoms. The van der Waals surface area contributed by atoms with Crippen molar-refractivity contribution in [3.8, 4) is 0 Å². The first-order valence-corrected chi connectivity index (χ1v) is 6.69. The van der Waals surface area contributed by atoms with E-state index in [0.717, 1.165) is 13.1 Å². The van der Waals surface area contributed by atoms with E-state index in [-0.39, 0.29) is 0 Å². The Balaban J connectivity index is 2.11. The van der Waals surface area contributed by atoms with Gasteiger partial charge >= 0.3 is 0 Å². The summed E-state index contributed by atoms with van der Waals surface area (Å²) in [7, 11) is 2.06. The second kappa shape index (κ2) is 5.19. The zero-order chi connectivity index (χ0) is 11.5. The number of anilines is 1. The van der Waals surface area contributed by atoms with Gasteiger partial charge in [0, 0.05) is 29.3 Å². The zero-order valence-corrected chi connectivity index (χ0v) is 11.5. The van der Waals surface area contributed by atoms with Crippen LogP contribution in [0.3, 0.4) is 0 Å². The van der Waals surface area contributed by atoms with E-state index in [9.17, 15) is 0 Å². The fourth-order valence-corrected chi connectivity index (χ4v) is 2.70. The van der Waals surface area contributed by atoms with Crippen LogP contribution in [0.25, 0.3) is 0 Å². The maximum Gasteiger partial charge on any atom is 0.0407 e. The Morgan fingerprint density at radius 3 is 2.62 bits per heavy atom. The highest BCUT2D eigenvalue weighted by molar-refractivity contribution is 9.10. The Bertz CT molecular complexity index is 357. The predicted molar refractivity (Wildman–Crippen MR) is 73.2 cm³/mol. The summed E-state index contributed by atoms with van der Waals surface area (Å²) in [4.78, 5) is 2.49. The lowest BCUT2D eigenvalue weighted by Crippen LogP contribution is -2.41. The third-order valence-corrected chi connectivity index (χ3v) is 4.34. The van der Waals surface area contributed by atoms with Gasteiger partial charge in [-0.2, -0.15) is 0 Å². The normalized spacial score (nSPS) is 17.8. The van der Waals surface area contributed by atoms with E-state index in [1.807, 2.05) is 0 Å². The van der Waals surface area contributed by atoms with Gasteiger partial charge in [-0.05, 0) is 44.5 Å². The average Bonchev–Trinajstić information content (AvgIpc) is 2.33. The van der Waals surface area contributed by atoms with E-state index in [0.29, 0.717) is 6.04 Å². The summed E-state index contributed by atoms with van der Waals surface area (Å²) in [6.45, 7) is 4.50. The molecule has 0 atom stereocenters. The Morgan fingerprint density at radius 2 is 2.00 bits per heavy atom. The maximum absolute atomic E-state index is 3.60. The molecular weight excluding hydrogens is 264 g/mol. The van der Waals surface area contributed by atoms with Gasteiger partial charge in [-0.3, -0.25) is 0 Å². The van der Waals surface area contributed by atoms with Gasteiger partial charge in [0.05, 0.1) is 0 Å². The number of nitrogens with zero attached hydrogens (tertiary/aromatic N) is 1. The average molecular weight is 283 g/mol. The van der Waals surface area contributed by atoms with E-state index >= 15 is 0 Å². The van der Waals surface area contributed by atoms with Crippen LogP contribution in [0.4, 0.5) is 5.69 Å². The summed E-state index contributed by atoms with van der Waals surface area (Å²) in [5.74, 6) is 0. The SMILES string of the molecule is CNC1CCN(c2cccc(Br)c2C)CC1. The van der Waals surface area contributed by atoms with Crippen molar-refractivity contribution >= 4 is 21.6 Å². The molecule has 0 aliphatic carbocycles. The summed E-state index contributed by atoms with van der Waals surface area (Å²) in [6.07, 6.45) is 2.48. The third-order valence-electron chi connectivity index (χ3n) is 3.48. The zero-order valence-electron chi connectivity index (χ0n) is 9.96. The van der Waals surface area contributed by atoms with E-state index in [1.165, 1.54) is 28.6 Å². The molecule has 1 aliphatic heterocycles. The Labute approximate surface area is 106 Å². The number of hydrogen-bond donors (Lipinski definition) is 1. The van der Waals surface area contributed by atoms with E-state index in [4.69, 9.17) is 0 Å². The van der Waals surface area contributed by atoms with E-state index in [2.05, 4.69) is 58.3 Å². The van der Waals surface area contributed by atoms with Gasteiger partial charge in [0.25, 0.3) is 0 Å². The van der Waals surface area contributed by atoms with Gasteiger partial charge in [-0.25, -0.2) is 0 Å². The van der Waals surface area contributed by atoms with Crippen LogP contribution in [0.1, 0.15) is 18.4 Å². The highest BCUT2D eigenvalue weighted by Gasteiger charge is 2.19. The molecule has 0 saturated carbocycles. The Morgan fingerprint density at radius 1 is 1.31 bits per heavy atom. The van der Waals surface area contributed by atoms with Crippen LogP contribution in [0.15, 0.2) is 22.7 Å². The molecule has 0 aromatic heterocycles. The molecule has 88 valence electrons. The quantitative estimate of drug-likeness (QED) is 0.897. The molecule has 1 N–H and O–H groups in total. The van der Waals surface area contributed by atoms with Crippen molar-refractivity contribution in [2.45, 2.75) is 25.8 Å². The summed E-state index contributed by atoms with van der Waals surface area (Å²) in [6, 6.07) is 7.15. The van der Waals surface area contributed by atoms with E-state index < -0.39 is 0 Å². The van der Waals surface area contributed by atoms with E-state index in [1.54, 1.807) is 0 Å². The first-order chi connectivity index (χ1) is 7.72. The van der Waals surface area contributed by atoms with Crippen LogP contribution in [0.2, 0.25) is 0 Å². The fraction of sp³-hybridized carbons (Fsp3) is 0.538. The molecule has 1 fully saturated rings. The lowest BCUT2D eigenvalue weighted by Gasteiger charge is -2.34. The van der Waals surface area contributed by atoms with Gasteiger partial charge in [0.2, 0.25) is 0 Å². The van der Waals surface area contributed by atoms with Gasteiger partial charge in [0.1, 0.15) is 0 Å². The standard InChI is InChI=1S/C13H19BrN2/c1-10-12(14)4-3-5-13(10)16-8-6-11(15-2)7-9-16/h3-5,11,15H,6-9H2,1-2H3. The van der Waals surface area contributed by atoms with Gasteiger partial charge in [-0.1, -0.05) is 22.0 Å². The molecule has 0 amide bonds. The third kappa shape index (κ3) is 2.41. The van der Waals surface area contributed by atoms with Crippen molar-refractivity contribution in [2.24, 2.45) is 0 Å². The smallest absolute Gasteiger partial charge is 0.0407 e. The number of halogens is 1. The largest absolute Gasteiger partial charge is 0.371 e. The van der Waals surface area contributed by atoms with Gasteiger partial charge in [-0.15, -0.1) is 0 Å². The topological polar surface area (TPSA) is 15.3 Å². The lowest BCUT2D eigenvalue weighted by atomic mass is 10.0. The molecule has 1 aromatic carbocycles. The van der Waals surface area contributed by atoms with Crippen molar-refractivity contribution in [2.75, 3.05) is 25.0 Å². The summed E-state index contributed by atoms with van der Waals surface area (Å²) in [5.41, 5.74) is 2.73. The fourth-order valence-electron chi connectivity index (χ4n) is 2.35. The molecular formula is C13H19BrN2. The summed E-state index contributed by atoms with van der Waals surface area (Å²) >= 11 is 3.60. The summed E-state index contributed by atoms with van der Waals surface area (Å²) in [5, 5.41) is 3.37. The minimum Gasteiger partial charge on any atom is -0.371 e. The Kier molecular flexibility index (Phi) is 3.87. The Hall–Kier alpha value is -0.540. The molecule has 1 aromatic rings. The van der Waals surface area contributed by atoms with Crippen LogP contribution >= 0.6 is 15.9 Å². The van der Waals surface area contributed by atoms with Crippen molar-refractivity contribution in [3.63, 3.8) is 0 Å².